The molecule has 1 aromatic carbocycles. The van der Waals surface area contributed by atoms with E-state index >= 15 is 0 Å². The van der Waals surface area contributed by atoms with Crippen LogP contribution in [0.2, 0.25) is 0 Å². The quantitative estimate of drug-likeness (QED) is 0.314. The van der Waals surface area contributed by atoms with E-state index in [2.05, 4.69) is 6.58 Å². The summed E-state index contributed by atoms with van der Waals surface area (Å²) in [4.78, 5) is 58.1. The van der Waals surface area contributed by atoms with Gasteiger partial charge in [0, 0.05) is 5.57 Å². The lowest BCUT2D eigenvalue weighted by Crippen LogP contribution is -2.24. The van der Waals surface area contributed by atoms with E-state index in [4.69, 9.17) is 4.74 Å². The average molecular weight is 366 g/mol. The largest absolute Gasteiger partial charge is 0.478 e. The highest BCUT2D eigenvalue weighted by Crippen LogP contribution is 2.36. The molecule has 4 N–H and O–H groups in total. The van der Waals surface area contributed by atoms with Gasteiger partial charge in [0.05, 0.1) is 11.1 Å². The molecule has 0 fully saturated rings. The maximum absolute atomic E-state index is 11.8. The lowest BCUT2D eigenvalue weighted by Gasteiger charge is -2.19. The summed E-state index contributed by atoms with van der Waals surface area (Å²) in [7, 11) is 0. The molecular formula is C16H14O10. The molecule has 0 saturated carbocycles. The number of rotatable bonds is 7. The van der Waals surface area contributed by atoms with Gasteiger partial charge in [-0.25, -0.2) is 24.0 Å². The zero-order valence-electron chi connectivity index (χ0n) is 13.7. The van der Waals surface area contributed by atoms with Gasteiger partial charge in [-0.1, -0.05) is 13.5 Å². The zero-order chi connectivity index (χ0) is 20.3. The van der Waals surface area contributed by atoms with Gasteiger partial charge in [-0.15, -0.1) is 0 Å². The fourth-order valence-corrected chi connectivity index (χ4v) is 2.29. The van der Waals surface area contributed by atoms with E-state index in [9.17, 15) is 44.4 Å². The molecule has 10 nitrogen and oxygen atoms in total. The van der Waals surface area contributed by atoms with E-state index in [1.165, 1.54) is 13.8 Å². The number of hydrogen-bond acceptors (Lipinski definition) is 6. The molecule has 1 rings (SSSR count). The van der Waals surface area contributed by atoms with Crippen LogP contribution in [0.15, 0.2) is 12.2 Å². The van der Waals surface area contributed by atoms with E-state index in [1.807, 2.05) is 0 Å². The normalized spacial score (nSPS) is 10.1. The van der Waals surface area contributed by atoms with Crippen LogP contribution in [-0.4, -0.2) is 50.3 Å². The van der Waals surface area contributed by atoms with Gasteiger partial charge in [0.15, 0.2) is 5.75 Å². The Morgan fingerprint density at radius 1 is 0.808 bits per heavy atom. The van der Waals surface area contributed by atoms with E-state index < -0.39 is 63.4 Å². The van der Waals surface area contributed by atoms with Crippen molar-refractivity contribution in [3.05, 3.63) is 40.0 Å². The Morgan fingerprint density at radius 2 is 1.15 bits per heavy atom. The Bertz CT molecular complexity index is 809. The van der Waals surface area contributed by atoms with Crippen molar-refractivity contribution in [2.75, 3.05) is 0 Å². The van der Waals surface area contributed by atoms with Crippen molar-refractivity contribution in [1.29, 1.82) is 0 Å². The monoisotopic (exact) mass is 366 g/mol. The molecule has 138 valence electrons. The summed E-state index contributed by atoms with van der Waals surface area (Å²) in [5, 5.41) is 37.5. The first-order valence-electron chi connectivity index (χ1n) is 6.99. The highest BCUT2D eigenvalue weighted by Gasteiger charge is 2.37. The third-order valence-electron chi connectivity index (χ3n) is 3.31. The number of benzene rings is 1. The molecule has 0 spiro atoms. The first kappa shape index (κ1) is 20.4. The van der Waals surface area contributed by atoms with Crippen LogP contribution in [-0.2, 0) is 11.2 Å². The molecule has 0 aliphatic heterocycles. The number of esters is 1. The number of carboxylic acids is 4. The minimum atomic E-state index is -1.90. The molecule has 0 amide bonds. The van der Waals surface area contributed by atoms with Crippen molar-refractivity contribution < 1.29 is 49.1 Å². The Labute approximate surface area is 145 Å². The van der Waals surface area contributed by atoms with Crippen molar-refractivity contribution in [2.24, 2.45) is 0 Å². The molecule has 0 unspecified atom stereocenters. The maximum Gasteiger partial charge on any atom is 0.340 e. The van der Waals surface area contributed by atoms with Crippen molar-refractivity contribution in [2.45, 2.75) is 20.3 Å². The lowest BCUT2D eigenvalue weighted by atomic mass is 9.88. The fraction of sp³-hybridized carbons (Fsp3) is 0.188. The fourth-order valence-electron chi connectivity index (χ4n) is 2.29. The molecule has 10 heteroatoms. The van der Waals surface area contributed by atoms with Gasteiger partial charge in [-0.3, -0.25) is 0 Å². The van der Waals surface area contributed by atoms with Crippen LogP contribution in [0.25, 0.3) is 0 Å². The number of aromatic carboxylic acids is 4. The van der Waals surface area contributed by atoms with Gasteiger partial charge < -0.3 is 25.2 Å². The Morgan fingerprint density at radius 3 is 1.38 bits per heavy atom. The molecule has 0 heterocycles. The minimum Gasteiger partial charge on any atom is -0.478 e. The SMILES string of the molecule is C=C(C)C(=O)Oc1c(C(=O)O)c(C(=O)O)c(CC)c(C(=O)O)c1C(=O)O. The number of carbonyl (C=O) groups excluding carboxylic acids is 1. The maximum atomic E-state index is 11.8. The van der Waals surface area contributed by atoms with Crippen LogP contribution >= 0.6 is 0 Å². The van der Waals surface area contributed by atoms with Gasteiger partial charge in [0.2, 0.25) is 0 Å². The van der Waals surface area contributed by atoms with E-state index in [0.717, 1.165) is 0 Å². The molecule has 0 saturated heterocycles. The van der Waals surface area contributed by atoms with E-state index in [1.54, 1.807) is 0 Å². The third kappa shape index (κ3) is 3.53. The second-order valence-corrected chi connectivity index (χ2v) is 5.05. The molecule has 0 aliphatic carbocycles. The topological polar surface area (TPSA) is 176 Å². The first-order valence-corrected chi connectivity index (χ1v) is 6.99. The van der Waals surface area contributed by atoms with Crippen molar-refractivity contribution in [1.82, 2.24) is 0 Å². The Balaban J connectivity index is 4.24. The molecule has 26 heavy (non-hydrogen) atoms. The second kappa shape index (κ2) is 7.47. The zero-order valence-corrected chi connectivity index (χ0v) is 13.7. The summed E-state index contributed by atoms with van der Waals surface area (Å²) < 4.78 is 4.72. The third-order valence-corrected chi connectivity index (χ3v) is 3.31. The molecule has 0 aliphatic rings. The van der Waals surface area contributed by atoms with Crippen LogP contribution in [0, 0.1) is 0 Å². The minimum absolute atomic E-state index is 0.244. The summed E-state index contributed by atoms with van der Waals surface area (Å²) in [5.41, 5.74) is -4.96. The van der Waals surface area contributed by atoms with Gasteiger partial charge in [0.25, 0.3) is 0 Å². The summed E-state index contributed by atoms with van der Waals surface area (Å²) in [6.07, 6.45) is -0.293. The Hall–Kier alpha value is -3.69. The van der Waals surface area contributed by atoms with Crippen LogP contribution in [0.5, 0.6) is 5.75 Å². The predicted octanol–water partition coefficient (Wildman–Crippen LogP) is 1.52. The predicted molar refractivity (Wildman–Crippen MR) is 84.1 cm³/mol. The molecular weight excluding hydrogens is 352 g/mol. The smallest absolute Gasteiger partial charge is 0.340 e. The van der Waals surface area contributed by atoms with Gasteiger partial charge in [-0.05, 0) is 18.9 Å². The van der Waals surface area contributed by atoms with Crippen molar-refractivity contribution in [3.8, 4) is 5.75 Å². The number of ether oxygens (including phenoxy) is 1. The van der Waals surface area contributed by atoms with Crippen LogP contribution in [0.4, 0.5) is 0 Å². The first-order chi connectivity index (χ1) is 11.9. The van der Waals surface area contributed by atoms with Gasteiger partial charge in [-0.2, -0.15) is 0 Å². The lowest BCUT2D eigenvalue weighted by molar-refractivity contribution is -0.130. The number of hydrogen-bond donors (Lipinski definition) is 4. The van der Waals surface area contributed by atoms with Gasteiger partial charge in [0.1, 0.15) is 11.1 Å². The molecule has 0 bridgehead atoms. The summed E-state index contributed by atoms with van der Waals surface area (Å²) >= 11 is 0. The Kier molecular flexibility index (Phi) is 5.85. The van der Waals surface area contributed by atoms with Crippen molar-refractivity contribution in [3.63, 3.8) is 0 Å². The number of carbonyl (C=O) groups is 5. The molecule has 1 aromatic rings. The number of carboxylic acid groups (broad SMARTS) is 4. The van der Waals surface area contributed by atoms with Crippen LogP contribution in [0.1, 0.15) is 60.8 Å². The summed E-state index contributed by atoms with van der Waals surface area (Å²) in [6, 6.07) is 0. The standard InChI is InChI=1S/C16H14O10/c1-4-6-7(12(17)18)9(14(21)22)11(26-16(25)5(2)3)10(15(23)24)8(6)13(19)20/h2,4H2,1,3H3,(H,17,18)(H,19,20)(H,21,22)(H,23,24). The molecule has 0 aromatic heterocycles. The van der Waals surface area contributed by atoms with E-state index in [0.29, 0.717) is 0 Å². The highest BCUT2D eigenvalue weighted by atomic mass is 16.5. The highest BCUT2D eigenvalue weighted by molar-refractivity contribution is 6.14. The van der Waals surface area contributed by atoms with Crippen LogP contribution < -0.4 is 4.74 Å². The summed E-state index contributed by atoms with van der Waals surface area (Å²) in [6.45, 7) is 5.75. The van der Waals surface area contributed by atoms with E-state index in [-0.39, 0.29) is 12.0 Å². The van der Waals surface area contributed by atoms with Crippen LogP contribution in [0.3, 0.4) is 0 Å². The van der Waals surface area contributed by atoms with Crippen molar-refractivity contribution >= 4 is 29.8 Å². The second-order valence-electron chi connectivity index (χ2n) is 5.05. The summed E-state index contributed by atoms with van der Waals surface area (Å²) in [5.74, 6) is -9.85. The molecule has 0 radical (unpaired) electrons. The van der Waals surface area contributed by atoms with Gasteiger partial charge >= 0.3 is 29.8 Å². The average Bonchev–Trinajstić information content (AvgIpc) is 2.51. The molecule has 0 atom stereocenters.